The van der Waals surface area contributed by atoms with Gasteiger partial charge in [-0.3, -0.25) is 0 Å². The lowest BCUT2D eigenvalue weighted by Gasteiger charge is -2.04. The summed E-state index contributed by atoms with van der Waals surface area (Å²) in [6.45, 7) is 2.39. The average Bonchev–Trinajstić information content (AvgIpc) is 2.62. The van der Waals surface area contributed by atoms with Crippen LogP contribution < -0.4 is 4.72 Å². The zero-order valence-electron chi connectivity index (χ0n) is 9.20. The molecular weight excluding hydrogens is 266 g/mol. The Morgan fingerprint density at radius 3 is 2.69 bits per heavy atom. The van der Waals surface area contributed by atoms with Gasteiger partial charge in [0.2, 0.25) is 10.0 Å². The van der Waals surface area contributed by atoms with Gasteiger partial charge in [0.05, 0.1) is 5.75 Å². The van der Waals surface area contributed by atoms with Gasteiger partial charge in [-0.05, 0) is 31.9 Å². The summed E-state index contributed by atoms with van der Waals surface area (Å²) >= 11 is 7.10. The van der Waals surface area contributed by atoms with Crippen LogP contribution in [0.5, 0.6) is 0 Å². The molecule has 92 valence electrons. The fourth-order valence-electron chi connectivity index (χ4n) is 1.22. The molecule has 6 heteroatoms. The lowest BCUT2D eigenvalue weighted by Crippen LogP contribution is -2.25. The van der Waals surface area contributed by atoms with Crippen molar-refractivity contribution in [1.29, 1.82) is 0 Å². The Hall–Kier alpha value is -0.100. The lowest BCUT2D eigenvalue weighted by molar-refractivity contribution is 0.578. The standard InChI is InChI=1S/C10H16ClNO2S2/c1-9-4-5-10(15-9)8-12-16(13,14)7-3-2-6-11/h4-5,12H,2-3,6-8H2,1H3. The van der Waals surface area contributed by atoms with E-state index in [9.17, 15) is 8.42 Å². The number of unbranched alkanes of at least 4 members (excludes halogenated alkanes) is 1. The minimum absolute atomic E-state index is 0.157. The van der Waals surface area contributed by atoms with Crippen molar-refractivity contribution in [2.24, 2.45) is 0 Å². The summed E-state index contributed by atoms with van der Waals surface area (Å²) in [5, 5.41) is 0. The molecule has 0 spiro atoms. The number of rotatable bonds is 7. The van der Waals surface area contributed by atoms with E-state index in [-0.39, 0.29) is 5.75 Å². The van der Waals surface area contributed by atoms with Crippen LogP contribution in [0, 0.1) is 6.92 Å². The number of thiophene rings is 1. The molecule has 0 saturated carbocycles. The Morgan fingerprint density at radius 1 is 1.38 bits per heavy atom. The largest absolute Gasteiger partial charge is 0.212 e. The van der Waals surface area contributed by atoms with Gasteiger partial charge in [0.25, 0.3) is 0 Å². The van der Waals surface area contributed by atoms with Crippen LogP contribution in [0.1, 0.15) is 22.6 Å². The molecule has 1 N–H and O–H groups in total. The smallest absolute Gasteiger partial charge is 0.211 e. The Kier molecular flexibility index (Phi) is 5.75. The Morgan fingerprint density at radius 2 is 2.12 bits per heavy atom. The molecule has 0 radical (unpaired) electrons. The van der Waals surface area contributed by atoms with Crippen molar-refractivity contribution >= 4 is 33.0 Å². The van der Waals surface area contributed by atoms with E-state index < -0.39 is 10.0 Å². The van der Waals surface area contributed by atoms with E-state index in [0.29, 0.717) is 18.8 Å². The van der Waals surface area contributed by atoms with Crippen LogP contribution in [0.2, 0.25) is 0 Å². The molecule has 0 aliphatic carbocycles. The maximum atomic E-state index is 11.5. The lowest BCUT2D eigenvalue weighted by atomic mass is 10.4. The molecule has 3 nitrogen and oxygen atoms in total. The molecule has 0 amide bonds. The number of nitrogens with one attached hydrogen (secondary N) is 1. The van der Waals surface area contributed by atoms with E-state index in [4.69, 9.17) is 11.6 Å². The second kappa shape index (κ2) is 6.59. The van der Waals surface area contributed by atoms with Crippen LogP contribution in [0.4, 0.5) is 0 Å². The van der Waals surface area contributed by atoms with E-state index in [2.05, 4.69) is 4.72 Å². The Labute approximate surface area is 106 Å². The number of hydrogen-bond acceptors (Lipinski definition) is 3. The summed E-state index contributed by atoms with van der Waals surface area (Å²) in [5.41, 5.74) is 0. The fraction of sp³-hybridized carbons (Fsp3) is 0.600. The van der Waals surface area contributed by atoms with Gasteiger partial charge in [-0.2, -0.15) is 0 Å². The molecule has 0 unspecified atom stereocenters. The number of sulfonamides is 1. The SMILES string of the molecule is Cc1ccc(CNS(=O)(=O)CCCCCl)s1. The number of hydrogen-bond donors (Lipinski definition) is 1. The van der Waals surface area contributed by atoms with Crippen molar-refractivity contribution < 1.29 is 8.42 Å². The first-order valence-electron chi connectivity index (χ1n) is 5.12. The molecule has 0 atom stereocenters. The first-order chi connectivity index (χ1) is 7.53. The van der Waals surface area contributed by atoms with E-state index >= 15 is 0 Å². The van der Waals surface area contributed by atoms with Gasteiger partial charge >= 0.3 is 0 Å². The fourth-order valence-corrected chi connectivity index (χ4v) is 3.43. The van der Waals surface area contributed by atoms with Gasteiger partial charge in [0.15, 0.2) is 0 Å². The summed E-state index contributed by atoms with van der Waals surface area (Å²) < 4.78 is 25.7. The van der Waals surface area contributed by atoms with Crippen molar-refractivity contribution in [2.75, 3.05) is 11.6 Å². The summed E-state index contributed by atoms with van der Waals surface area (Å²) in [6.07, 6.45) is 1.35. The van der Waals surface area contributed by atoms with Crippen LogP contribution in [0.15, 0.2) is 12.1 Å². The average molecular weight is 282 g/mol. The first-order valence-corrected chi connectivity index (χ1v) is 8.12. The van der Waals surface area contributed by atoms with Crippen LogP contribution >= 0.6 is 22.9 Å². The van der Waals surface area contributed by atoms with Crippen molar-refractivity contribution in [3.05, 3.63) is 21.9 Å². The van der Waals surface area contributed by atoms with Crippen molar-refractivity contribution in [1.82, 2.24) is 4.72 Å². The molecular formula is C10H16ClNO2S2. The monoisotopic (exact) mass is 281 g/mol. The Balaban J connectivity index is 2.36. The normalized spacial score (nSPS) is 11.9. The molecule has 1 rings (SSSR count). The third-order valence-electron chi connectivity index (χ3n) is 2.06. The number of aryl methyl sites for hydroxylation is 1. The predicted molar refractivity (Wildman–Crippen MR) is 69.6 cm³/mol. The van der Waals surface area contributed by atoms with E-state index in [1.54, 1.807) is 11.3 Å². The maximum Gasteiger partial charge on any atom is 0.211 e. The third-order valence-corrected chi connectivity index (χ3v) is 4.74. The highest BCUT2D eigenvalue weighted by molar-refractivity contribution is 7.89. The molecule has 0 aromatic carbocycles. The molecule has 0 fully saturated rings. The van der Waals surface area contributed by atoms with Gasteiger partial charge in [-0.25, -0.2) is 13.1 Å². The molecule has 0 aliphatic rings. The highest BCUT2D eigenvalue weighted by Crippen LogP contribution is 2.14. The van der Waals surface area contributed by atoms with Crippen molar-refractivity contribution in [3.8, 4) is 0 Å². The van der Waals surface area contributed by atoms with Crippen LogP contribution in [-0.2, 0) is 16.6 Å². The van der Waals surface area contributed by atoms with Crippen LogP contribution in [0.25, 0.3) is 0 Å². The van der Waals surface area contributed by atoms with Gasteiger partial charge in [-0.15, -0.1) is 22.9 Å². The molecule has 0 saturated heterocycles. The quantitative estimate of drug-likeness (QED) is 0.617. The molecule has 0 bridgehead atoms. The second-order valence-electron chi connectivity index (χ2n) is 3.55. The van der Waals surface area contributed by atoms with Gasteiger partial charge in [0.1, 0.15) is 0 Å². The van der Waals surface area contributed by atoms with E-state index in [0.717, 1.165) is 11.3 Å². The molecule has 1 aromatic rings. The zero-order valence-corrected chi connectivity index (χ0v) is 11.6. The second-order valence-corrected chi connectivity index (χ2v) is 7.23. The Bertz CT molecular complexity index is 414. The predicted octanol–water partition coefficient (Wildman–Crippen LogP) is 2.49. The van der Waals surface area contributed by atoms with Gasteiger partial charge in [0, 0.05) is 22.2 Å². The minimum atomic E-state index is -3.14. The van der Waals surface area contributed by atoms with Crippen molar-refractivity contribution in [3.63, 3.8) is 0 Å². The third kappa shape index (κ3) is 5.30. The summed E-state index contributed by atoms with van der Waals surface area (Å²) in [5.74, 6) is 0.670. The zero-order chi connectivity index (χ0) is 12.0. The van der Waals surface area contributed by atoms with Crippen LogP contribution in [-0.4, -0.2) is 20.1 Å². The molecule has 1 aromatic heterocycles. The summed E-state index contributed by atoms with van der Waals surface area (Å²) in [7, 11) is -3.14. The van der Waals surface area contributed by atoms with E-state index in [1.165, 1.54) is 4.88 Å². The molecule has 1 heterocycles. The number of alkyl halides is 1. The highest BCUT2D eigenvalue weighted by atomic mass is 35.5. The summed E-state index contributed by atoms with van der Waals surface area (Å²) in [6, 6.07) is 3.93. The van der Waals surface area contributed by atoms with E-state index in [1.807, 2.05) is 19.1 Å². The van der Waals surface area contributed by atoms with Crippen molar-refractivity contribution in [2.45, 2.75) is 26.3 Å². The molecule has 16 heavy (non-hydrogen) atoms. The van der Waals surface area contributed by atoms with Gasteiger partial charge < -0.3 is 0 Å². The first kappa shape index (κ1) is 14.0. The highest BCUT2D eigenvalue weighted by Gasteiger charge is 2.09. The minimum Gasteiger partial charge on any atom is -0.212 e. The maximum absolute atomic E-state index is 11.5. The molecule has 0 aliphatic heterocycles. The topological polar surface area (TPSA) is 46.2 Å². The summed E-state index contributed by atoms with van der Waals surface area (Å²) in [4.78, 5) is 2.23. The van der Waals surface area contributed by atoms with Crippen LogP contribution in [0.3, 0.4) is 0 Å². The van der Waals surface area contributed by atoms with Gasteiger partial charge in [-0.1, -0.05) is 0 Å². The number of halogens is 1.